The Hall–Kier alpha value is -1.97. The summed E-state index contributed by atoms with van der Waals surface area (Å²) in [6, 6.07) is 9.21. The van der Waals surface area contributed by atoms with Crippen molar-refractivity contribution in [1.82, 2.24) is 9.62 Å². The number of carbonyl (C=O) groups excluding carboxylic acids is 1. The van der Waals surface area contributed by atoms with Crippen LogP contribution in [0.5, 0.6) is 5.75 Å². The third kappa shape index (κ3) is 6.01. The Morgan fingerprint density at radius 3 is 2.55 bits per heavy atom. The second-order valence-electron chi connectivity index (χ2n) is 6.91. The zero-order chi connectivity index (χ0) is 20.7. The van der Waals surface area contributed by atoms with Gasteiger partial charge in [0.05, 0.1) is 6.61 Å². The highest BCUT2D eigenvalue weighted by Crippen LogP contribution is 2.26. The molecule has 0 saturated carbocycles. The smallest absolute Gasteiger partial charge is 0.252 e. The highest BCUT2D eigenvalue weighted by Gasteiger charge is 2.32. The minimum atomic E-state index is -3.43. The van der Waals surface area contributed by atoms with E-state index in [1.165, 1.54) is 27.8 Å². The molecular formula is C20H25FN2O4S2. The fraction of sp³-hybridized carbons (Fsp3) is 0.450. The molecular weight excluding hydrogens is 415 g/mol. The van der Waals surface area contributed by atoms with Crippen LogP contribution in [0, 0.1) is 11.7 Å². The molecule has 0 atom stereocenters. The van der Waals surface area contributed by atoms with Crippen molar-refractivity contribution in [3.8, 4) is 5.75 Å². The van der Waals surface area contributed by atoms with Gasteiger partial charge in [-0.15, -0.1) is 11.3 Å². The number of benzene rings is 1. The molecule has 0 aliphatic carbocycles. The Morgan fingerprint density at radius 1 is 1.17 bits per heavy atom. The van der Waals surface area contributed by atoms with E-state index in [0.717, 1.165) is 12.8 Å². The molecule has 29 heavy (non-hydrogen) atoms. The van der Waals surface area contributed by atoms with Crippen molar-refractivity contribution in [2.24, 2.45) is 5.92 Å². The maximum absolute atomic E-state index is 12.8. The number of carbonyl (C=O) groups is 1. The Balaban J connectivity index is 1.31. The number of amides is 1. The first-order valence-corrected chi connectivity index (χ1v) is 12.0. The van der Waals surface area contributed by atoms with Crippen molar-refractivity contribution >= 4 is 27.3 Å². The van der Waals surface area contributed by atoms with Gasteiger partial charge in [-0.25, -0.2) is 12.8 Å². The largest absolute Gasteiger partial charge is 0.494 e. The van der Waals surface area contributed by atoms with Crippen LogP contribution in [0.3, 0.4) is 0 Å². The summed E-state index contributed by atoms with van der Waals surface area (Å²) in [6.07, 6.45) is 2.61. The minimum absolute atomic E-state index is 0.0161. The Morgan fingerprint density at radius 2 is 1.90 bits per heavy atom. The molecule has 1 aliphatic heterocycles. The summed E-state index contributed by atoms with van der Waals surface area (Å²) in [5, 5.41) is 4.68. The van der Waals surface area contributed by atoms with Gasteiger partial charge in [-0.2, -0.15) is 4.31 Å². The van der Waals surface area contributed by atoms with Gasteiger partial charge >= 0.3 is 0 Å². The van der Waals surface area contributed by atoms with Gasteiger partial charge in [0.25, 0.3) is 10.0 Å². The first kappa shape index (κ1) is 21.7. The second kappa shape index (κ2) is 10.2. The minimum Gasteiger partial charge on any atom is -0.494 e. The number of rotatable bonds is 9. The van der Waals surface area contributed by atoms with Crippen LogP contribution >= 0.6 is 11.3 Å². The van der Waals surface area contributed by atoms with Crippen molar-refractivity contribution < 1.29 is 22.3 Å². The first-order valence-electron chi connectivity index (χ1n) is 9.66. The number of piperidine rings is 1. The average Bonchev–Trinajstić information content (AvgIpc) is 3.28. The van der Waals surface area contributed by atoms with Crippen LogP contribution in [-0.2, 0) is 14.8 Å². The zero-order valence-electron chi connectivity index (χ0n) is 16.1. The standard InChI is InChI=1S/C20H25FN2O4S2/c21-17-5-7-18(8-6-17)27-14-2-1-11-22-20(24)16-9-12-23(13-10-16)29(25,26)19-4-3-15-28-19/h3-8,15-16H,1-2,9-14H2,(H,22,24). The molecule has 9 heteroatoms. The molecule has 6 nitrogen and oxygen atoms in total. The second-order valence-corrected chi connectivity index (χ2v) is 10.0. The number of unbranched alkanes of at least 4 members (excludes halogenated alkanes) is 1. The van der Waals surface area contributed by atoms with E-state index in [1.54, 1.807) is 29.6 Å². The lowest BCUT2D eigenvalue weighted by Gasteiger charge is -2.30. The summed E-state index contributed by atoms with van der Waals surface area (Å²) in [6.45, 7) is 1.79. The molecule has 2 aromatic rings. The summed E-state index contributed by atoms with van der Waals surface area (Å²) >= 11 is 1.21. The highest BCUT2D eigenvalue weighted by atomic mass is 32.2. The third-order valence-corrected chi connectivity index (χ3v) is 8.14. The van der Waals surface area contributed by atoms with Crippen molar-refractivity contribution in [1.29, 1.82) is 0 Å². The fourth-order valence-corrected chi connectivity index (χ4v) is 5.81. The van der Waals surface area contributed by atoms with E-state index in [4.69, 9.17) is 4.74 Å². The summed E-state index contributed by atoms with van der Waals surface area (Å²) in [5.41, 5.74) is 0. The van der Waals surface area contributed by atoms with Crippen LogP contribution in [-0.4, -0.2) is 44.9 Å². The maximum atomic E-state index is 12.8. The molecule has 1 N–H and O–H groups in total. The Labute approximate surface area is 174 Å². The van der Waals surface area contributed by atoms with Crippen LogP contribution < -0.4 is 10.1 Å². The van der Waals surface area contributed by atoms with Gasteiger partial charge in [-0.3, -0.25) is 4.79 Å². The van der Waals surface area contributed by atoms with Gasteiger partial charge in [-0.1, -0.05) is 6.07 Å². The van der Waals surface area contributed by atoms with Gasteiger partial charge in [0, 0.05) is 25.6 Å². The molecule has 0 radical (unpaired) electrons. The number of halogens is 1. The van der Waals surface area contributed by atoms with E-state index in [2.05, 4.69) is 5.32 Å². The van der Waals surface area contributed by atoms with Crippen LogP contribution in [0.25, 0.3) is 0 Å². The zero-order valence-corrected chi connectivity index (χ0v) is 17.7. The number of nitrogens with zero attached hydrogens (tertiary/aromatic N) is 1. The van der Waals surface area contributed by atoms with E-state index in [1.807, 2.05) is 0 Å². The molecule has 0 unspecified atom stereocenters. The van der Waals surface area contributed by atoms with E-state index in [9.17, 15) is 17.6 Å². The number of hydrogen-bond donors (Lipinski definition) is 1. The van der Waals surface area contributed by atoms with Gasteiger partial charge in [0.15, 0.2) is 0 Å². The molecule has 2 heterocycles. The quantitative estimate of drug-likeness (QED) is 0.608. The molecule has 1 aromatic carbocycles. The van der Waals surface area contributed by atoms with Crippen molar-refractivity contribution in [2.45, 2.75) is 29.9 Å². The SMILES string of the molecule is O=C(NCCCCOc1ccc(F)cc1)C1CCN(S(=O)(=O)c2cccs2)CC1. The Kier molecular flexibility index (Phi) is 7.63. The molecule has 1 aromatic heterocycles. The first-order chi connectivity index (χ1) is 14.0. The van der Waals surface area contributed by atoms with Gasteiger partial charge in [0.2, 0.25) is 5.91 Å². The van der Waals surface area contributed by atoms with Gasteiger partial charge < -0.3 is 10.1 Å². The van der Waals surface area contributed by atoms with Crippen LogP contribution in [0.15, 0.2) is 46.0 Å². The Bertz CT molecular complexity index is 878. The molecule has 3 rings (SSSR count). The molecule has 1 fully saturated rings. The van der Waals surface area contributed by atoms with Gasteiger partial charge in [0.1, 0.15) is 15.8 Å². The monoisotopic (exact) mass is 440 g/mol. The van der Waals surface area contributed by atoms with E-state index in [-0.39, 0.29) is 17.6 Å². The molecule has 158 valence electrons. The molecule has 1 aliphatic rings. The van der Waals surface area contributed by atoms with Crippen LogP contribution in [0.4, 0.5) is 4.39 Å². The van der Waals surface area contributed by atoms with E-state index in [0.29, 0.717) is 49.0 Å². The summed E-state index contributed by atoms with van der Waals surface area (Å²) < 4.78 is 45.2. The normalized spacial score (nSPS) is 15.9. The third-order valence-electron chi connectivity index (χ3n) is 4.87. The van der Waals surface area contributed by atoms with Crippen molar-refractivity contribution in [3.63, 3.8) is 0 Å². The van der Waals surface area contributed by atoms with Crippen molar-refractivity contribution in [3.05, 3.63) is 47.6 Å². The number of nitrogens with one attached hydrogen (secondary N) is 1. The summed E-state index contributed by atoms with van der Waals surface area (Å²) in [5.74, 6) is 0.160. The summed E-state index contributed by atoms with van der Waals surface area (Å²) in [7, 11) is -3.43. The molecule has 1 amide bonds. The molecule has 0 spiro atoms. The van der Waals surface area contributed by atoms with E-state index < -0.39 is 10.0 Å². The topological polar surface area (TPSA) is 75.7 Å². The average molecular weight is 441 g/mol. The predicted octanol–water partition coefficient (Wildman–Crippen LogP) is 3.26. The number of thiophene rings is 1. The lowest BCUT2D eigenvalue weighted by atomic mass is 9.97. The predicted molar refractivity (Wildman–Crippen MR) is 110 cm³/mol. The van der Waals surface area contributed by atoms with E-state index >= 15 is 0 Å². The lowest BCUT2D eigenvalue weighted by molar-refractivity contribution is -0.126. The maximum Gasteiger partial charge on any atom is 0.252 e. The fourth-order valence-electron chi connectivity index (χ4n) is 3.20. The number of ether oxygens (including phenoxy) is 1. The van der Waals surface area contributed by atoms with Crippen LogP contribution in [0.2, 0.25) is 0 Å². The molecule has 1 saturated heterocycles. The van der Waals surface area contributed by atoms with Crippen molar-refractivity contribution in [2.75, 3.05) is 26.2 Å². The molecule has 0 bridgehead atoms. The van der Waals surface area contributed by atoms with Crippen LogP contribution in [0.1, 0.15) is 25.7 Å². The lowest BCUT2D eigenvalue weighted by Crippen LogP contribution is -2.43. The summed E-state index contributed by atoms with van der Waals surface area (Å²) in [4.78, 5) is 12.3. The highest BCUT2D eigenvalue weighted by molar-refractivity contribution is 7.91. The number of sulfonamides is 1. The number of hydrogen-bond acceptors (Lipinski definition) is 5. The van der Waals surface area contributed by atoms with Gasteiger partial charge in [-0.05, 0) is 61.4 Å².